The van der Waals surface area contributed by atoms with E-state index in [1.165, 1.54) is 11.1 Å². The maximum absolute atomic E-state index is 10.4. The summed E-state index contributed by atoms with van der Waals surface area (Å²) in [5.74, 6) is 0.998. The van der Waals surface area contributed by atoms with E-state index in [9.17, 15) is 5.11 Å². The van der Waals surface area contributed by atoms with Crippen molar-refractivity contribution in [3.05, 3.63) is 59.2 Å². The number of guanidine groups is 1. The highest BCUT2D eigenvalue weighted by atomic mass is 16.5. The summed E-state index contributed by atoms with van der Waals surface area (Å²) in [6.07, 6.45) is 0.981. The molecular weight excluding hydrogens is 350 g/mol. The standard InChI is InChI=1S/C23H31N3O2/c1-23(2,3)19-9-10-21(27)20(15-19)25-22(24-12-14-28-4)26-13-11-17-7-5-6-8-18(17)16-26/h5-10,15,27H,11-14,16H2,1-4H3,(H,24,25). The Bertz CT molecular complexity index is 840. The van der Waals surface area contributed by atoms with Gasteiger partial charge in [-0.3, -0.25) is 4.99 Å². The van der Waals surface area contributed by atoms with Crippen LogP contribution in [-0.2, 0) is 23.1 Å². The molecule has 28 heavy (non-hydrogen) atoms. The Morgan fingerprint density at radius 1 is 1.18 bits per heavy atom. The largest absolute Gasteiger partial charge is 0.506 e. The third-order valence-corrected chi connectivity index (χ3v) is 5.10. The maximum atomic E-state index is 10.4. The van der Waals surface area contributed by atoms with Gasteiger partial charge in [0, 0.05) is 20.2 Å². The zero-order chi connectivity index (χ0) is 20.1. The van der Waals surface area contributed by atoms with Crippen LogP contribution in [0.4, 0.5) is 5.69 Å². The molecule has 1 aliphatic heterocycles. The molecule has 1 aliphatic rings. The van der Waals surface area contributed by atoms with Gasteiger partial charge in [-0.1, -0.05) is 51.1 Å². The Morgan fingerprint density at radius 2 is 1.93 bits per heavy atom. The van der Waals surface area contributed by atoms with E-state index in [-0.39, 0.29) is 11.2 Å². The molecule has 0 amide bonds. The van der Waals surface area contributed by atoms with Gasteiger partial charge < -0.3 is 20.1 Å². The fraction of sp³-hybridized carbons (Fsp3) is 0.435. The first kappa shape index (κ1) is 20.2. The van der Waals surface area contributed by atoms with Gasteiger partial charge in [-0.25, -0.2) is 0 Å². The van der Waals surface area contributed by atoms with E-state index < -0.39 is 0 Å². The van der Waals surface area contributed by atoms with Crippen molar-refractivity contribution >= 4 is 11.6 Å². The van der Waals surface area contributed by atoms with E-state index in [4.69, 9.17) is 9.73 Å². The first-order valence-corrected chi connectivity index (χ1v) is 9.84. The predicted molar refractivity (Wildman–Crippen MR) is 115 cm³/mol. The monoisotopic (exact) mass is 381 g/mol. The number of anilines is 1. The van der Waals surface area contributed by atoms with E-state index in [2.05, 4.69) is 55.3 Å². The minimum Gasteiger partial charge on any atom is -0.506 e. The van der Waals surface area contributed by atoms with Gasteiger partial charge in [-0.15, -0.1) is 0 Å². The molecule has 0 spiro atoms. The minimum absolute atomic E-state index is 0.00154. The van der Waals surface area contributed by atoms with Crippen molar-refractivity contribution in [2.24, 2.45) is 4.99 Å². The average molecular weight is 382 g/mol. The van der Waals surface area contributed by atoms with Crippen molar-refractivity contribution in [3.8, 4) is 5.75 Å². The van der Waals surface area contributed by atoms with Crippen molar-refractivity contribution in [2.45, 2.75) is 39.2 Å². The van der Waals surface area contributed by atoms with Gasteiger partial charge in [0.15, 0.2) is 5.96 Å². The van der Waals surface area contributed by atoms with E-state index in [1.807, 2.05) is 12.1 Å². The highest BCUT2D eigenvalue weighted by Crippen LogP contribution is 2.31. The first-order chi connectivity index (χ1) is 13.4. The summed E-state index contributed by atoms with van der Waals surface area (Å²) in [6, 6.07) is 14.3. The molecule has 0 unspecified atom stereocenters. The molecule has 0 saturated carbocycles. The number of ether oxygens (including phenoxy) is 1. The van der Waals surface area contributed by atoms with Crippen LogP contribution in [0.25, 0.3) is 0 Å². The number of aliphatic imine (C=N–C) groups is 1. The summed E-state index contributed by atoms with van der Waals surface area (Å²) in [6.45, 7) is 9.31. The molecule has 0 fully saturated rings. The number of methoxy groups -OCH3 is 1. The lowest BCUT2D eigenvalue weighted by Crippen LogP contribution is -2.40. The van der Waals surface area contributed by atoms with E-state index in [1.54, 1.807) is 13.2 Å². The number of hydrogen-bond acceptors (Lipinski definition) is 3. The lowest BCUT2D eigenvalue weighted by Gasteiger charge is -2.32. The second-order valence-corrected chi connectivity index (χ2v) is 8.25. The van der Waals surface area contributed by atoms with Crippen molar-refractivity contribution in [1.29, 1.82) is 0 Å². The topological polar surface area (TPSA) is 57.1 Å². The SMILES string of the molecule is COCCN=C(Nc1cc(C(C)(C)C)ccc1O)N1CCc2ccccc2C1. The number of phenols is 1. The van der Waals surface area contributed by atoms with Gasteiger partial charge in [-0.2, -0.15) is 0 Å². The molecule has 1 heterocycles. The highest BCUT2D eigenvalue weighted by molar-refractivity contribution is 5.95. The maximum Gasteiger partial charge on any atom is 0.198 e. The molecule has 0 aromatic heterocycles. The molecule has 2 aromatic rings. The highest BCUT2D eigenvalue weighted by Gasteiger charge is 2.21. The summed E-state index contributed by atoms with van der Waals surface area (Å²) in [7, 11) is 1.68. The van der Waals surface area contributed by atoms with Crippen LogP contribution in [0.2, 0.25) is 0 Å². The number of nitrogens with one attached hydrogen (secondary N) is 1. The normalized spacial score (nSPS) is 14.7. The van der Waals surface area contributed by atoms with Crippen molar-refractivity contribution in [2.75, 3.05) is 32.1 Å². The number of nitrogens with zero attached hydrogens (tertiary/aromatic N) is 2. The van der Waals surface area contributed by atoms with Crippen LogP contribution in [0, 0.1) is 0 Å². The fourth-order valence-electron chi connectivity index (χ4n) is 3.36. The van der Waals surface area contributed by atoms with Crippen molar-refractivity contribution < 1.29 is 9.84 Å². The quantitative estimate of drug-likeness (QED) is 0.361. The van der Waals surface area contributed by atoms with Gasteiger partial charge >= 0.3 is 0 Å². The van der Waals surface area contributed by atoms with Crippen molar-refractivity contribution in [3.63, 3.8) is 0 Å². The number of fused-ring (bicyclic) bond motifs is 1. The van der Waals surface area contributed by atoms with Crippen LogP contribution in [0.1, 0.15) is 37.5 Å². The Morgan fingerprint density at radius 3 is 2.64 bits per heavy atom. The second kappa shape index (κ2) is 8.65. The average Bonchev–Trinajstić information content (AvgIpc) is 2.67. The van der Waals surface area contributed by atoms with Crippen LogP contribution >= 0.6 is 0 Å². The number of rotatable bonds is 4. The molecular formula is C23H31N3O2. The van der Waals surface area contributed by atoms with Crippen LogP contribution < -0.4 is 5.32 Å². The Hall–Kier alpha value is -2.53. The summed E-state index contributed by atoms with van der Waals surface area (Å²) in [5.41, 5.74) is 4.56. The Labute approximate surface area is 168 Å². The van der Waals surface area contributed by atoms with Crippen LogP contribution in [0.15, 0.2) is 47.5 Å². The first-order valence-electron chi connectivity index (χ1n) is 9.84. The fourth-order valence-corrected chi connectivity index (χ4v) is 3.36. The Balaban J connectivity index is 1.87. The van der Waals surface area contributed by atoms with Gasteiger partial charge in [0.1, 0.15) is 5.75 Å². The molecule has 2 N–H and O–H groups in total. The third-order valence-electron chi connectivity index (χ3n) is 5.10. The summed E-state index contributed by atoms with van der Waals surface area (Å²) < 4.78 is 5.17. The molecule has 0 atom stereocenters. The van der Waals surface area contributed by atoms with Gasteiger partial charge in [0.25, 0.3) is 0 Å². The van der Waals surface area contributed by atoms with Gasteiger partial charge in [-0.05, 0) is 40.7 Å². The summed E-state index contributed by atoms with van der Waals surface area (Å²) in [4.78, 5) is 6.97. The Kier molecular flexibility index (Phi) is 6.25. The van der Waals surface area contributed by atoms with Crippen LogP contribution in [-0.4, -0.2) is 42.8 Å². The van der Waals surface area contributed by atoms with Crippen molar-refractivity contribution in [1.82, 2.24) is 4.90 Å². The van der Waals surface area contributed by atoms with Gasteiger partial charge in [0.05, 0.1) is 18.8 Å². The lowest BCUT2D eigenvalue weighted by atomic mass is 9.87. The summed E-state index contributed by atoms with van der Waals surface area (Å²) >= 11 is 0. The minimum atomic E-state index is 0.00154. The number of benzene rings is 2. The zero-order valence-corrected chi connectivity index (χ0v) is 17.3. The van der Waals surface area contributed by atoms with E-state index in [0.29, 0.717) is 18.8 Å². The van der Waals surface area contributed by atoms with Gasteiger partial charge in [0.2, 0.25) is 0 Å². The van der Waals surface area contributed by atoms with Crippen LogP contribution in [0.5, 0.6) is 5.75 Å². The molecule has 5 heteroatoms. The zero-order valence-electron chi connectivity index (χ0n) is 17.3. The second-order valence-electron chi connectivity index (χ2n) is 8.25. The molecule has 3 rings (SSSR count). The number of hydrogen-bond donors (Lipinski definition) is 2. The van der Waals surface area contributed by atoms with Crippen LogP contribution in [0.3, 0.4) is 0 Å². The smallest absolute Gasteiger partial charge is 0.198 e. The lowest BCUT2D eigenvalue weighted by molar-refractivity contribution is 0.207. The molecule has 0 saturated heterocycles. The molecule has 5 nitrogen and oxygen atoms in total. The molecule has 0 aliphatic carbocycles. The van der Waals surface area contributed by atoms with E-state index >= 15 is 0 Å². The molecule has 2 aromatic carbocycles. The molecule has 150 valence electrons. The molecule has 0 bridgehead atoms. The summed E-state index contributed by atoms with van der Waals surface area (Å²) in [5, 5.41) is 13.8. The van der Waals surface area contributed by atoms with E-state index in [0.717, 1.165) is 31.0 Å². The number of aromatic hydroxyl groups is 1. The number of phenolic OH excluding ortho intramolecular Hbond substituents is 1. The third kappa shape index (κ3) is 4.84. The molecule has 0 radical (unpaired) electrons. The predicted octanol–water partition coefficient (Wildman–Crippen LogP) is 4.16.